The SMILES string of the molecule is CCOc1ccc(NC(=O)[C@@H]2CCCN(c3ncnc4onc(C)c34)C2)cc1. The predicted octanol–water partition coefficient (Wildman–Crippen LogP) is 3.18. The van der Waals surface area contributed by atoms with Gasteiger partial charge in [-0.15, -0.1) is 0 Å². The van der Waals surface area contributed by atoms with Crippen molar-refractivity contribution in [3.63, 3.8) is 0 Å². The third kappa shape index (κ3) is 3.62. The van der Waals surface area contributed by atoms with Gasteiger partial charge in [0.05, 0.1) is 18.2 Å². The van der Waals surface area contributed by atoms with E-state index < -0.39 is 0 Å². The van der Waals surface area contributed by atoms with Crippen molar-refractivity contribution in [2.24, 2.45) is 5.92 Å². The molecule has 0 unspecified atom stereocenters. The molecule has 4 rings (SSSR count). The molecule has 8 heteroatoms. The molecule has 0 bridgehead atoms. The van der Waals surface area contributed by atoms with Gasteiger partial charge in [-0.25, -0.2) is 4.98 Å². The fraction of sp³-hybridized carbons (Fsp3) is 0.400. The van der Waals surface area contributed by atoms with Crippen LogP contribution in [0, 0.1) is 12.8 Å². The summed E-state index contributed by atoms with van der Waals surface area (Å²) in [6.45, 7) is 5.87. The Balaban J connectivity index is 1.47. The Bertz CT molecular complexity index is 970. The molecule has 1 atom stereocenters. The van der Waals surface area contributed by atoms with Crippen molar-refractivity contribution in [3.05, 3.63) is 36.3 Å². The van der Waals surface area contributed by atoms with Gasteiger partial charge < -0.3 is 19.5 Å². The van der Waals surface area contributed by atoms with Gasteiger partial charge in [0.1, 0.15) is 23.3 Å². The zero-order valence-corrected chi connectivity index (χ0v) is 16.0. The van der Waals surface area contributed by atoms with Crippen LogP contribution in [0.4, 0.5) is 11.5 Å². The summed E-state index contributed by atoms with van der Waals surface area (Å²) in [6, 6.07) is 7.44. The summed E-state index contributed by atoms with van der Waals surface area (Å²) in [4.78, 5) is 23.5. The van der Waals surface area contributed by atoms with E-state index in [0.717, 1.165) is 47.7 Å². The number of aromatic nitrogens is 3. The Morgan fingerprint density at radius 3 is 2.93 bits per heavy atom. The number of rotatable bonds is 5. The normalized spacial score (nSPS) is 16.9. The molecular weight excluding hydrogens is 358 g/mol. The lowest BCUT2D eigenvalue weighted by atomic mass is 9.96. The molecule has 8 nitrogen and oxygen atoms in total. The number of carbonyl (C=O) groups is 1. The lowest BCUT2D eigenvalue weighted by Crippen LogP contribution is -2.41. The number of ether oxygens (including phenoxy) is 1. The number of nitrogens with zero attached hydrogens (tertiary/aromatic N) is 4. The molecule has 1 amide bonds. The lowest BCUT2D eigenvalue weighted by Gasteiger charge is -2.33. The molecule has 1 aromatic carbocycles. The fourth-order valence-electron chi connectivity index (χ4n) is 3.57. The summed E-state index contributed by atoms with van der Waals surface area (Å²) in [5.74, 6) is 1.47. The monoisotopic (exact) mass is 381 g/mol. The maximum atomic E-state index is 12.8. The van der Waals surface area contributed by atoms with E-state index in [4.69, 9.17) is 9.26 Å². The molecule has 2 aromatic heterocycles. The first-order chi connectivity index (χ1) is 13.7. The first kappa shape index (κ1) is 18.2. The maximum Gasteiger partial charge on any atom is 0.263 e. The van der Waals surface area contributed by atoms with E-state index in [1.807, 2.05) is 38.1 Å². The van der Waals surface area contributed by atoms with E-state index in [-0.39, 0.29) is 11.8 Å². The van der Waals surface area contributed by atoms with Gasteiger partial charge in [0.25, 0.3) is 5.71 Å². The Kier molecular flexibility index (Phi) is 5.10. The summed E-state index contributed by atoms with van der Waals surface area (Å²) in [5, 5.41) is 7.81. The fourth-order valence-corrected chi connectivity index (χ4v) is 3.57. The molecule has 3 aromatic rings. The van der Waals surface area contributed by atoms with Crippen molar-refractivity contribution in [2.75, 3.05) is 29.9 Å². The number of anilines is 2. The van der Waals surface area contributed by atoms with E-state index in [1.54, 1.807) is 0 Å². The Morgan fingerprint density at radius 1 is 1.32 bits per heavy atom. The Labute approximate surface area is 162 Å². The molecule has 146 valence electrons. The van der Waals surface area contributed by atoms with E-state index in [1.165, 1.54) is 6.33 Å². The smallest absolute Gasteiger partial charge is 0.263 e. The first-order valence-corrected chi connectivity index (χ1v) is 9.51. The zero-order valence-electron chi connectivity index (χ0n) is 16.0. The molecule has 0 spiro atoms. The number of aryl methyl sites for hydroxylation is 1. The molecule has 0 saturated carbocycles. The maximum absolute atomic E-state index is 12.8. The first-order valence-electron chi connectivity index (χ1n) is 9.51. The van der Waals surface area contributed by atoms with Crippen LogP contribution in [0.1, 0.15) is 25.5 Å². The number of benzene rings is 1. The van der Waals surface area contributed by atoms with Crippen LogP contribution >= 0.6 is 0 Å². The molecule has 0 radical (unpaired) electrons. The lowest BCUT2D eigenvalue weighted by molar-refractivity contribution is -0.120. The van der Waals surface area contributed by atoms with Crippen LogP contribution < -0.4 is 15.0 Å². The van der Waals surface area contributed by atoms with Crippen molar-refractivity contribution >= 4 is 28.5 Å². The van der Waals surface area contributed by atoms with Crippen molar-refractivity contribution in [2.45, 2.75) is 26.7 Å². The molecule has 3 heterocycles. The van der Waals surface area contributed by atoms with Gasteiger partial charge in [-0.05, 0) is 51.0 Å². The third-order valence-corrected chi connectivity index (χ3v) is 4.95. The summed E-state index contributed by atoms with van der Waals surface area (Å²) in [6.07, 6.45) is 3.24. The second-order valence-corrected chi connectivity index (χ2v) is 6.88. The van der Waals surface area contributed by atoms with Crippen molar-refractivity contribution in [1.82, 2.24) is 15.1 Å². The molecule has 1 aliphatic rings. The molecule has 28 heavy (non-hydrogen) atoms. The van der Waals surface area contributed by atoms with Crippen molar-refractivity contribution in [3.8, 4) is 5.75 Å². The van der Waals surface area contributed by atoms with Gasteiger partial charge in [-0.3, -0.25) is 4.79 Å². The highest BCUT2D eigenvalue weighted by Gasteiger charge is 2.28. The van der Waals surface area contributed by atoms with E-state index in [9.17, 15) is 4.79 Å². The second-order valence-electron chi connectivity index (χ2n) is 6.88. The van der Waals surface area contributed by atoms with Crippen LogP contribution in [0.15, 0.2) is 35.1 Å². The zero-order chi connectivity index (χ0) is 19.5. The quantitative estimate of drug-likeness (QED) is 0.725. The van der Waals surface area contributed by atoms with E-state index in [0.29, 0.717) is 18.9 Å². The van der Waals surface area contributed by atoms with Gasteiger partial charge in [-0.1, -0.05) is 5.16 Å². The third-order valence-electron chi connectivity index (χ3n) is 4.95. The number of carbonyl (C=O) groups excluding carboxylic acids is 1. The van der Waals surface area contributed by atoms with Crippen LogP contribution in [0.5, 0.6) is 5.75 Å². The predicted molar refractivity (Wildman–Crippen MR) is 106 cm³/mol. The van der Waals surface area contributed by atoms with Gasteiger partial charge in [0.15, 0.2) is 0 Å². The number of nitrogens with one attached hydrogen (secondary N) is 1. The number of hydrogen-bond donors (Lipinski definition) is 1. The minimum atomic E-state index is -0.120. The largest absolute Gasteiger partial charge is 0.494 e. The molecular formula is C20H23N5O3. The molecule has 1 fully saturated rings. The molecule has 1 aliphatic heterocycles. The van der Waals surface area contributed by atoms with E-state index >= 15 is 0 Å². The highest BCUT2D eigenvalue weighted by Crippen LogP contribution is 2.30. The van der Waals surface area contributed by atoms with E-state index in [2.05, 4.69) is 25.3 Å². The van der Waals surface area contributed by atoms with Gasteiger partial charge in [0.2, 0.25) is 5.91 Å². The van der Waals surface area contributed by atoms with Crippen LogP contribution in [-0.4, -0.2) is 40.7 Å². The van der Waals surface area contributed by atoms with Crippen LogP contribution in [-0.2, 0) is 4.79 Å². The van der Waals surface area contributed by atoms with Crippen LogP contribution in [0.3, 0.4) is 0 Å². The number of piperidine rings is 1. The highest BCUT2D eigenvalue weighted by molar-refractivity contribution is 5.93. The summed E-state index contributed by atoms with van der Waals surface area (Å²) in [7, 11) is 0. The van der Waals surface area contributed by atoms with Gasteiger partial charge in [-0.2, -0.15) is 4.98 Å². The van der Waals surface area contributed by atoms with Crippen LogP contribution in [0.25, 0.3) is 11.1 Å². The second kappa shape index (κ2) is 7.84. The van der Waals surface area contributed by atoms with Crippen molar-refractivity contribution in [1.29, 1.82) is 0 Å². The molecule has 1 saturated heterocycles. The number of fused-ring (bicyclic) bond motifs is 1. The average molecular weight is 381 g/mol. The number of amides is 1. The summed E-state index contributed by atoms with van der Waals surface area (Å²) < 4.78 is 10.7. The topological polar surface area (TPSA) is 93.4 Å². The highest BCUT2D eigenvalue weighted by atomic mass is 16.5. The van der Waals surface area contributed by atoms with Gasteiger partial charge in [0, 0.05) is 18.8 Å². The van der Waals surface area contributed by atoms with Crippen LogP contribution in [0.2, 0.25) is 0 Å². The standard InChI is InChI=1S/C20H23N5O3/c1-3-27-16-8-6-15(7-9-16)23-19(26)14-5-4-10-25(11-14)18-17-13(2)24-28-20(17)22-12-21-18/h6-9,12,14H,3-5,10-11H2,1-2H3,(H,23,26)/t14-/m1/s1. The Morgan fingerprint density at radius 2 is 2.14 bits per heavy atom. The minimum Gasteiger partial charge on any atom is -0.494 e. The molecule has 1 N–H and O–H groups in total. The average Bonchev–Trinajstić information content (AvgIpc) is 3.11. The Hall–Kier alpha value is -3.16. The summed E-state index contributed by atoms with van der Waals surface area (Å²) >= 11 is 0. The van der Waals surface area contributed by atoms with Crippen molar-refractivity contribution < 1.29 is 14.1 Å². The number of hydrogen-bond acceptors (Lipinski definition) is 7. The summed E-state index contributed by atoms with van der Waals surface area (Å²) in [5.41, 5.74) is 2.00. The molecule has 0 aliphatic carbocycles. The van der Waals surface area contributed by atoms with Gasteiger partial charge >= 0.3 is 0 Å². The minimum absolute atomic E-state index is 0.0150.